The summed E-state index contributed by atoms with van der Waals surface area (Å²) in [5, 5.41) is 6.12. The number of aryl methyl sites for hydroxylation is 1. The van der Waals surface area contributed by atoms with Crippen molar-refractivity contribution in [2.45, 2.75) is 57.7 Å². The molecule has 2 aliphatic rings. The van der Waals surface area contributed by atoms with Crippen molar-refractivity contribution < 1.29 is 4.79 Å². The Labute approximate surface area is 161 Å². The molecule has 0 bridgehead atoms. The van der Waals surface area contributed by atoms with E-state index in [4.69, 9.17) is 0 Å². The number of aromatic nitrogens is 2. The minimum absolute atomic E-state index is 0.126. The van der Waals surface area contributed by atoms with Crippen molar-refractivity contribution >= 4 is 11.7 Å². The van der Waals surface area contributed by atoms with Gasteiger partial charge < -0.3 is 20.1 Å². The van der Waals surface area contributed by atoms with Crippen LogP contribution in [0.5, 0.6) is 0 Å². The molecule has 2 amide bonds. The highest BCUT2D eigenvalue weighted by molar-refractivity contribution is 5.90. The van der Waals surface area contributed by atoms with Crippen LogP contribution < -0.4 is 10.6 Å². The van der Waals surface area contributed by atoms with Crippen LogP contribution in [0, 0.1) is 0 Å². The predicted molar refractivity (Wildman–Crippen MR) is 108 cm³/mol. The van der Waals surface area contributed by atoms with E-state index in [1.165, 1.54) is 18.5 Å². The van der Waals surface area contributed by atoms with Gasteiger partial charge in [0.1, 0.15) is 5.82 Å². The molecule has 1 aromatic heterocycles. The molecule has 2 N–H and O–H groups in total. The molecule has 1 saturated heterocycles. The Morgan fingerprint density at radius 2 is 2.15 bits per heavy atom. The van der Waals surface area contributed by atoms with Gasteiger partial charge in [0.25, 0.3) is 0 Å². The lowest BCUT2D eigenvalue weighted by Gasteiger charge is -2.35. The Bertz CT molecular complexity index is 815. The lowest BCUT2D eigenvalue weighted by Crippen LogP contribution is -2.48. The van der Waals surface area contributed by atoms with E-state index in [9.17, 15) is 4.79 Å². The molecule has 6 heteroatoms. The summed E-state index contributed by atoms with van der Waals surface area (Å²) in [6.07, 6.45) is 7.51. The first kappa shape index (κ1) is 18.0. The van der Waals surface area contributed by atoms with Gasteiger partial charge in [0.05, 0.1) is 0 Å². The van der Waals surface area contributed by atoms with Crippen molar-refractivity contribution in [3.05, 3.63) is 36.2 Å². The second-order valence-electron chi connectivity index (χ2n) is 7.91. The minimum atomic E-state index is -0.126. The van der Waals surface area contributed by atoms with Gasteiger partial charge in [-0.15, -0.1) is 0 Å². The third kappa shape index (κ3) is 4.00. The van der Waals surface area contributed by atoms with Crippen LogP contribution in [-0.2, 0) is 13.0 Å². The molecule has 0 saturated carbocycles. The Kier molecular flexibility index (Phi) is 5.16. The number of benzene rings is 1. The van der Waals surface area contributed by atoms with E-state index in [-0.39, 0.29) is 12.1 Å². The lowest BCUT2D eigenvalue weighted by atomic mass is 9.99. The number of fused-ring (bicyclic) bond motifs is 1. The SMILES string of the molecule is CC1CC(NC(=O)Nc2cccc(-c3ncc4n3CCCC4)c2)CCN1C. The van der Waals surface area contributed by atoms with E-state index in [2.05, 4.69) is 45.1 Å². The monoisotopic (exact) mass is 367 g/mol. The molecule has 3 heterocycles. The van der Waals surface area contributed by atoms with Crippen LogP contribution in [-0.4, -0.2) is 46.2 Å². The van der Waals surface area contributed by atoms with Crippen molar-refractivity contribution in [2.75, 3.05) is 18.9 Å². The van der Waals surface area contributed by atoms with E-state index in [1.807, 2.05) is 24.4 Å². The second-order valence-corrected chi connectivity index (χ2v) is 7.91. The Morgan fingerprint density at radius 1 is 1.26 bits per heavy atom. The van der Waals surface area contributed by atoms with Crippen LogP contribution in [0.1, 0.15) is 38.3 Å². The van der Waals surface area contributed by atoms with Crippen molar-refractivity contribution in [3.8, 4) is 11.4 Å². The molecule has 0 radical (unpaired) electrons. The molecule has 2 aromatic rings. The zero-order chi connectivity index (χ0) is 18.8. The smallest absolute Gasteiger partial charge is 0.319 e. The maximum atomic E-state index is 12.4. The molecule has 2 atom stereocenters. The van der Waals surface area contributed by atoms with Crippen LogP contribution in [0.25, 0.3) is 11.4 Å². The summed E-state index contributed by atoms with van der Waals surface area (Å²) < 4.78 is 2.31. The van der Waals surface area contributed by atoms with Gasteiger partial charge in [0, 0.05) is 48.3 Å². The van der Waals surface area contributed by atoms with E-state index >= 15 is 0 Å². The quantitative estimate of drug-likeness (QED) is 0.873. The maximum absolute atomic E-state index is 12.4. The number of carbonyl (C=O) groups excluding carboxylic acids is 1. The fourth-order valence-electron chi connectivity index (χ4n) is 4.18. The Balaban J connectivity index is 1.42. The summed E-state index contributed by atoms with van der Waals surface area (Å²) in [6.45, 7) is 4.25. The summed E-state index contributed by atoms with van der Waals surface area (Å²) >= 11 is 0. The molecule has 2 unspecified atom stereocenters. The molecular weight excluding hydrogens is 338 g/mol. The summed E-state index contributed by atoms with van der Waals surface area (Å²) in [5.74, 6) is 0.998. The molecule has 1 fully saturated rings. The number of hydrogen-bond acceptors (Lipinski definition) is 3. The number of carbonyl (C=O) groups is 1. The van der Waals surface area contributed by atoms with Gasteiger partial charge in [0.15, 0.2) is 0 Å². The van der Waals surface area contributed by atoms with Gasteiger partial charge in [-0.05, 0) is 58.2 Å². The maximum Gasteiger partial charge on any atom is 0.319 e. The summed E-state index contributed by atoms with van der Waals surface area (Å²) in [6, 6.07) is 8.59. The minimum Gasteiger partial charge on any atom is -0.335 e. The average molecular weight is 367 g/mol. The highest BCUT2D eigenvalue weighted by Gasteiger charge is 2.24. The first-order valence-electron chi connectivity index (χ1n) is 10.0. The number of hydrogen-bond donors (Lipinski definition) is 2. The van der Waals surface area contributed by atoms with Crippen molar-refractivity contribution in [3.63, 3.8) is 0 Å². The fraction of sp³-hybridized carbons (Fsp3) is 0.524. The van der Waals surface area contributed by atoms with Gasteiger partial charge in [-0.2, -0.15) is 0 Å². The number of rotatable bonds is 3. The Morgan fingerprint density at radius 3 is 3.00 bits per heavy atom. The zero-order valence-electron chi connectivity index (χ0n) is 16.2. The standard InChI is InChI=1S/C21H29N5O/c1-15-12-18(9-11-25(15)2)24-21(27)23-17-7-5-6-16(13-17)20-22-14-19-8-3-4-10-26(19)20/h5-7,13-15,18H,3-4,8-12H2,1-2H3,(H2,23,24,27). The molecule has 27 heavy (non-hydrogen) atoms. The van der Waals surface area contributed by atoms with Gasteiger partial charge in [-0.25, -0.2) is 9.78 Å². The van der Waals surface area contributed by atoms with Gasteiger partial charge in [-0.1, -0.05) is 12.1 Å². The van der Waals surface area contributed by atoms with Gasteiger partial charge >= 0.3 is 6.03 Å². The summed E-state index contributed by atoms with van der Waals surface area (Å²) in [4.78, 5) is 19.4. The molecule has 4 rings (SSSR count). The normalized spacial score (nSPS) is 22.9. The van der Waals surface area contributed by atoms with E-state index < -0.39 is 0 Å². The molecule has 1 aromatic carbocycles. The molecule has 144 valence electrons. The van der Waals surface area contributed by atoms with Crippen LogP contribution in [0.4, 0.5) is 10.5 Å². The number of imidazole rings is 1. The van der Waals surface area contributed by atoms with E-state index in [1.54, 1.807) is 0 Å². The molecule has 2 aliphatic heterocycles. The molecule has 0 aliphatic carbocycles. The highest BCUT2D eigenvalue weighted by Crippen LogP contribution is 2.26. The molecular formula is C21H29N5O. The molecule has 0 spiro atoms. The van der Waals surface area contributed by atoms with Crippen molar-refractivity contribution in [1.82, 2.24) is 19.8 Å². The second kappa shape index (κ2) is 7.72. The number of nitrogens with zero attached hydrogens (tertiary/aromatic N) is 3. The van der Waals surface area contributed by atoms with Gasteiger partial charge in [0.2, 0.25) is 0 Å². The predicted octanol–water partition coefficient (Wildman–Crippen LogP) is 3.49. The van der Waals surface area contributed by atoms with Crippen LogP contribution >= 0.6 is 0 Å². The van der Waals surface area contributed by atoms with Gasteiger partial charge in [-0.3, -0.25) is 0 Å². The average Bonchev–Trinajstić information content (AvgIpc) is 3.09. The Hall–Kier alpha value is -2.34. The number of nitrogens with one attached hydrogen (secondary N) is 2. The van der Waals surface area contributed by atoms with E-state index in [0.717, 1.165) is 49.4 Å². The lowest BCUT2D eigenvalue weighted by molar-refractivity contribution is 0.170. The number of amides is 2. The van der Waals surface area contributed by atoms with Crippen LogP contribution in [0.15, 0.2) is 30.5 Å². The first-order chi connectivity index (χ1) is 13.1. The number of piperidine rings is 1. The number of anilines is 1. The van der Waals surface area contributed by atoms with Crippen molar-refractivity contribution in [2.24, 2.45) is 0 Å². The largest absolute Gasteiger partial charge is 0.335 e. The zero-order valence-corrected chi connectivity index (χ0v) is 16.2. The number of urea groups is 1. The highest BCUT2D eigenvalue weighted by atomic mass is 16.2. The van der Waals surface area contributed by atoms with Crippen LogP contribution in [0.2, 0.25) is 0 Å². The van der Waals surface area contributed by atoms with Crippen molar-refractivity contribution in [1.29, 1.82) is 0 Å². The van der Waals surface area contributed by atoms with Crippen LogP contribution in [0.3, 0.4) is 0 Å². The molecule has 6 nitrogen and oxygen atoms in total. The third-order valence-corrected chi connectivity index (χ3v) is 5.93. The fourth-order valence-corrected chi connectivity index (χ4v) is 4.18. The summed E-state index contributed by atoms with van der Waals surface area (Å²) in [5.41, 5.74) is 3.16. The number of likely N-dealkylation sites (tertiary alicyclic amines) is 1. The van der Waals surface area contributed by atoms with E-state index in [0.29, 0.717) is 6.04 Å². The third-order valence-electron chi connectivity index (χ3n) is 5.93. The topological polar surface area (TPSA) is 62.2 Å². The first-order valence-corrected chi connectivity index (χ1v) is 10.0. The summed E-state index contributed by atoms with van der Waals surface area (Å²) in [7, 11) is 2.14.